The summed E-state index contributed by atoms with van der Waals surface area (Å²) >= 11 is 0. The average molecular weight is 246 g/mol. The van der Waals surface area contributed by atoms with Crippen molar-refractivity contribution in [1.82, 2.24) is 4.31 Å². The predicted molar refractivity (Wildman–Crippen MR) is 60.2 cm³/mol. The van der Waals surface area contributed by atoms with Crippen molar-refractivity contribution < 1.29 is 13.2 Å². The van der Waals surface area contributed by atoms with Gasteiger partial charge in [0.25, 0.3) is 0 Å². The quantitative estimate of drug-likeness (QED) is 0.720. The molecule has 1 fully saturated rings. The normalized spacial score (nSPS) is 28.3. The lowest BCUT2D eigenvalue weighted by atomic mass is 10.1. The molecule has 5 nitrogen and oxygen atoms in total. The van der Waals surface area contributed by atoms with E-state index in [0.29, 0.717) is 13.1 Å². The molecule has 0 N–H and O–H groups in total. The first kappa shape index (κ1) is 13.4. The molecule has 1 rings (SSSR count). The smallest absolute Gasteiger partial charge is 0.230 e. The Morgan fingerprint density at radius 1 is 1.56 bits per heavy atom. The van der Waals surface area contributed by atoms with Gasteiger partial charge in [-0.2, -0.15) is 9.57 Å². The van der Waals surface area contributed by atoms with Gasteiger partial charge in [-0.05, 0) is 27.7 Å². The molecule has 2 unspecified atom stereocenters. The maximum atomic E-state index is 12.0. The molecule has 0 aromatic carbocycles. The zero-order valence-electron chi connectivity index (χ0n) is 10.1. The molecule has 0 bridgehead atoms. The molecule has 0 aromatic heterocycles. The first-order valence-electron chi connectivity index (χ1n) is 5.25. The number of nitrogens with zero attached hydrogens (tertiary/aromatic N) is 2. The highest BCUT2D eigenvalue weighted by Gasteiger charge is 2.39. The number of hydrogen-bond acceptors (Lipinski definition) is 4. The summed E-state index contributed by atoms with van der Waals surface area (Å²) in [5.41, 5.74) is -0.500. The summed E-state index contributed by atoms with van der Waals surface area (Å²) in [7, 11) is -3.52. The van der Waals surface area contributed by atoms with Crippen molar-refractivity contribution in [3.63, 3.8) is 0 Å². The van der Waals surface area contributed by atoms with Gasteiger partial charge in [-0.25, -0.2) is 8.42 Å². The highest BCUT2D eigenvalue weighted by atomic mass is 32.2. The van der Waals surface area contributed by atoms with Gasteiger partial charge in [0.15, 0.2) is 5.25 Å². The Morgan fingerprint density at radius 2 is 2.12 bits per heavy atom. The second kappa shape index (κ2) is 4.32. The summed E-state index contributed by atoms with van der Waals surface area (Å²) in [6, 6.07) is 1.77. The number of rotatable bonds is 2. The van der Waals surface area contributed by atoms with Gasteiger partial charge < -0.3 is 4.74 Å². The summed E-state index contributed by atoms with van der Waals surface area (Å²) < 4.78 is 31.0. The monoisotopic (exact) mass is 246 g/mol. The van der Waals surface area contributed by atoms with E-state index in [-0.39, 0.29) is 6.10 Å². The first-order chi connectivity index (χ1) is 7.19. The zero-order chi connectivity index (χ0) is 12.6. The van der Waals surface area contributed by atoms with E-state index >= 15 is 0 Å². The standard InChI is InChI=1S/C10H18N2O3S/c1-8-6-12(7-10(3,4)15-8)16(13,14)9(2)5-11/h8-9H,6-7H2,1-4H3. The predicted octanol–water partition coefficient (Wildman–Crippen LogP) is 0.728. The number of sulfonamides is 1. The Balaban J connectivity index is 2.94. The lowest BCUT2D eigenvalue weighted by molar-refractivity contribution is -0.109. The number of hydrogen-bond donors (Lipinski definition) is 0. The third-order valence-electron chi connectivity index (χ3n) is 2.53. The van der Waals surface area contributed by atoms with Crippen LogP contribution in [0.15, 0.2) is 0 Å². The minimum atomic E-state index is -3.52. The lowest BCUT2D eigenvalue weighted by Crippen LogP contribution is -2.55. The molecule has 92 valence electrons. The van der Waals surface area contributed by atoms with E-state index in [1.807, 2.05) is 20.8 Å². The third-order valence-corrected chi connectivity index (χ3v) is 4.52. The Labute approximate surface area is 97.0 Å². The highest BCUT2D eigenvalue weighted by Crippen LogP contribution is 2.24. The van der Waals surface area contributed by atoms with E-state index in [2.05, 4.69) is 0 Å². The molecule has 6 heteroatoms. The van der Waals surface area contributed by atoms with Crippen molar-refractivity contribution in [1.29, 1.82) is 5.26 Å². The summed E-state index contributed by atoms with van der Waals surface area (Å²) in [5.74, 6) is 0. The van der Waals surface area contributed by atoms with Gasteiger partial charge in [0, 0.05) is 13.1 Å². The van der Waals surface area contributed by atoms with Crippen LogP contribution in [0, 0.1) is 11.3 Å². The fourth-order valence-corrected chi connectivity index (χ4v) is 3.37. The Bertz CT molecular complexity index is 397. The van der Waals surface area contributed by atoms with Crippen molar-refractivity contribution in [2.24, 2.45) is 0 Å². The number of ether oxygens (including phenoxy) is 1. The van der Waals surface area contributed by atoms with Crippen LogP contribution < -0.4 is 0 Å². The van der Waals surface area contributed by atoms with Crippen LogP contribution >= 0.6 is 0 Å². The summed E-state index contributed by atoms with van der Waals surface area (Å²) in [5, 5.41) is 7.70. The minimum absolute atomic E-state index is 0.149. The molecule has 1 heterocycles. The second-order valence-corrected chi connectivity index (χ2v) is 7.05. The van der Waals surface area contributed by atoms with Gasteiger partial charge in [0.2, 0.25) is 10.0 Å². The topological polar surface area (TPSA) is 70.4 Å². The molecule has 16 heavy (non-hydrogen) atoms. The molecule has 2 atom stereocenters. The van der Waals surface area contributed by atoms with E-state index in [0.717, 1.165) is 0 Å². The molecule has 1 saturated heterocycles. The molecule has 0 radical (unpaired) electrons. The molecule has 0 aromatic rings. The fraction of sp³-hybridized carbons (Fsp3) is 0.900. The highest BCUT2D eigenvalue weighted by molar-refractivity contribution is 7.89. The van der Waals surface area contributed by atoms with Crippen molar-refractivity contribution in [2.75, 3.05) is 13.1 Å². The van der Waals surface area contributed by atoms with Gasteiger partial charge in [-0.3, -0.25) is 0 Å². The summed E-state index contributed by atoms with van der Waals surface area (Å²) in [4.78, 5) is 0. The molecular weight excluding hydrogens is 228 g/mol. The van der Waals surface area contributed by atoms with Gasteiger partial charge >= 0.3 is 0 Å². The summed E-state index contributed by atoms with van der Waals surface area (Å²) in [6.45, 7) is 7.55. The van der Waals surface area contributed by atoms with E-state index < -0.39 is 20.9 Å². The molecule has 0 aliphatic carbocycles. The van der Waals surface area contributed by atoms with Crippen LogP contribution in [0.25, 0.3) is 0 Å². The fourth-order valence-electron chi connectivity index (χ4n) is 1.88. The van der Waals surface area contributed by atoms with Gasteiger partial charge in [-0.15, -0.1) is 0 Å². The van der Waals surface area contributed by atoms with Gasteiger partial charge in [0.05, 0.1) is 17.8 Å². The van der Waals surface area contributed by atoms with Crippen LogP contribution in [-0.4, -0.2) is 42.8 Å². The number of morpholine rings is 1. The van der Waals surface area contributed by atoms with E-state index in [1.54, 1.807) is 6.07 Å². The van der Waals surface area contributed by atoms with Crippen LogP contribution in [0.2, 0.25) is 0 Å². The number of nitriles is 1. The lowest BCUT2D eigenvalue weighted by Gasteiger charge is -2.41. The maximum absolute atomic E-state index is 12.0. The van der Waals surface area contributed by atoms with E-state index in [9.17, 15) is 8.42 Å². The van der Waals surface area contributed by atoms with Gasteiger partial charge in [0.1, 0.15) is 0 Å². The van der Waals surface area contributed by atoms with Gasteiger partial charge in [-0.1, -0.05) is 0 Å². The van der Waals surface area contributed by atoms with E-state index in [1.165, 1.54) is 11.2 Å². The first-order valence-corrected chi connectivity index (χ1v) is 6.76. The van der Waals surface area contributed by atoms with Crippen molar-refractivity contribution in [2.45, 2.75) is 44.6 Å². The third kappa shape index (κ3) is 2.73. The Kier molecular flexibility index (Phi) is 3.62. The van der Waals surface area contributed by atoms with E-state index in [4.69, 9.17) is 10.00 Å². The van der Waals surface area contributed by atoms with Crippen molar-refractivity contribution in [3.8, 4) is 6.07 Å². The molecule has 0 amide bonds. The van der Waals surface area contributed by atoms with Crippen LogP contribution in [0.1, 0.15) is 27.7 Å². The van der Waals surface area contributed by atoms with Crippen LogP contribution in [0.4, 0.5) is 0 Å². The zero-order valence-corrected chi connectivity index (χ0v) is 10.9. The van der Waals surface area contributed by atoms with Crippen LogP contribution in [0.3, 0.4) is 0 Å². The Hall–Kier alpha value is -0.640. The average Bonchev–Trinajstić information content (AvgIpc) is 2.13. The SMILES string of the molecule is CC1CN(S(=O)(=O)C(C)C#N)CC(C)(C)O1. The molecule has 1 aliphatic rings. The largest absolute Gasteiger partial charge is 0.370 e. The van der Waals surface area contributed by atoms with Crippen molar-refractivity contribution >= 4 is 10.0 Å². The van der Waals surface area contributed by atoms with Crippen LogP contribution in [0.5, 0.6) is 0 Å². The maximum Gasteiger partial charge on any atom is 0.230 e. The Morgan fingerprint density at radius 3 is 2.56 bits per heavy atom. The second-order valence-electron chi connectivity index (χ2n) is 4.80. The van der Waals surface area contributed by atoms with Crippen molar-refractivity contribution in [3.05, 3.63) is 0 Å². The molecular formula is C10H18N2O3S. The minimum Gasteiger partial charge on any atom is -0.370 e. The molecule has 0 spiro atoms. The molecule has 0 saturated carbocycles. The summed E-state index contributed by atoms with van der Waals surface area (Å²) in [6.07, 6.45) is -0.149. The molecule has 1 aliphatic heterocycles. The van der Waals surface area contributed by atoms with Crippen LogP contribution in [-0.2, 0) is 14.8 Å².